The Morgan fingerprint density at radius 1 is 1.21 bits per heavy atom. The van der Waals surface area contributed by atoms with Crippen molar-refractivity contribution in [2.75, 3.05) is 20.1 Å². The molecule has 0 aromatic heterocycles. The van der Waals surface area contributed by atoms with E-state index >= 15 is 0 Å². The normalized spacial score (nSPS) is 9.79. The number of amides is 1. The number of carbonyl (C=O) groups excluding carboxylic acids is 1. The van der Waals surface area contributed by atoms with Crippen LogP contribution in [0.3, 0.4) is 0 Å². The summed E-state index contributed by atoms with van der Waals surface area (Å²) in [5.41, 5.74) is 0.719. The largest absolute Gasteiger partial charge is 0.352 e. The maximum Gasteiger partial charge on any atom is 0.251 e. The molecule has 1 rings (SSSR count). The van der Waals surface area contributed by atoms with E-state index in [-0.39, 0.29) is 5.91 Å². The Labute approximate surface area is 84.5 Å². The molecule has 3 nitrogen and oxygen atoms in total. The summed E-state index contributed by atoms with van der Waals surface area (Å²) in [5.74, 6) is 0.00158. The van der Waals surface area contributed by atoms with Gasteiger partial charge in [-0.3, -0.25) is 4.79 Å². The molecule has 0 aliphatic carbocycles. The molecule has 0 atom stereocenters. The minimum absolute atomic E-state index is 0.00158. The SMILES string of the molecule is CNCCCNC(=O)c1ccccc1. The van der Waals surface area contributed by atoms with Crippen molar-refractivity contribution < 1.29 is 4.79 Å². The van der Waals surface area contributed by atoms with Gasteiger partial charge in [0.15, 0.2) is 0 Å². The summed E-state index contributed by atoms with van der Waals surface area (Å²) >= 11 is 0. The van der Waals surface area contributed by atoms with Crippen LogP contribution >= 0.6 is 0 Å². The maximum atomic E-state index is 11.5. The van der Waals surface area contributed by atoms with E-state index in [2.05, 4.69) is 10.6 Å². The summed E-state index contributed by atoms with van der Waals surface area (Å²) in [5, 5.41) is 5.88. The van der Waals surface area contributed by atoms with Gasteiger partial charge >= 0.3 is 0 Å². The van der Waals surface area contributed by atoms with Crippen molar-refractivity contribution in [3.8, 4) is 0 Å². The van der Waals surface area contributed by atoms with Crippen LogP contribution in [-0.4, -0.2) is 26.0 Å². The zero-order valence-corrected chi connectivity index (χ0v) is 8.42. The molecule has 2 N–H and O–H groups in total. The van der Waals surface area contributed by atoms with Gasteiger partial charge in [0.05, 0.1) is 0 Å². The third kappa shape index (κ3) is 3.58. The fourth-order valence-electron chi connectivity index (χ4n) is 1.16. The van der Waals surface area contributed by atoms with Crippen molar-refractivity contribution >= 4 is 5.91 Å². The van der Waals surface area contributed by atoms with Gasteiger partial charge in [-0.2, -0.15) is 0 Å². The van der Waals surface area contributed by atoms with Crippen molar-refractivity contribution in [2.45, 2.75) is 6.42 Å². The van der Waals surface area contributed by atoms with E-state index in [1.807, 2.05) is 37.4 Å². The van der Waals surface area contributed by atoms with Crippen LogP contribution in [0.5, 0.6) is 0 Å². The lowest BCUT2D eigenvalue weighted by molar-refractivity contribution is 0.0953. The average molecular weight is 192 g/mol. The van der Waals surface area contributed by atoms with Gasteiger partial charge in [0.25, 0.3) is 5.91 Å². The molecule has 1 aromatic carbocycles. The van der Waals surface area contributed by atoms with Crippen molar-refractivity contribution in [2.24, 2.45) is 0 Å². The lowest BCUT2D eigenvalue weighted by Crippen LogP contribution is -2.26. The Morgan fingerprint density at radius 3 is 2.57 bits per heavy atom. The molecule has 1 amide bonds. The van der Waals surface area contributed by atoms with Gasteiger partial charge in [-0.1, -0.05) is 18.2 Å². The molecule has 0 spiro atoms. The summed E-state index contributed by atoms with van der Waals surface area (Å²) in [6.45, 7) is 1.64. The van der Waals surface area contributed by atoms with E-state index in [4.69, 9.17) is 0 Å². The van der Waals surface area contributed by atoms with Crippen molar-refractivity contribution in [3.05, 3.63) is 35.9 Å². The van der Waals surface area contributed by atoms with Gasteiger partial charge in [-0.05, 0) is 32.1 Å². The first-order chi connectivity index (χ1) is 6.84. The summed E-state index contributed by atoms with van der Waals surface area (Å²) in [4.78, 5) is 11.5. The van der Waals surface area contributed by atoms with Crippen molar-refractivity contribution in [1.82, 2.24) is 10.6 Å². The van der Waals surface area contributed by atoms with Gasteiger partial charge in [0, 0.05) is 12.1 Å². The number of carbonyl (C=O) groups is 1. The highest BCUT2D eigenvalue weighted by Gasteiger charge is 2.01. The second kappa shape index (κ2) is 6.16. The first-order valence-electron chi connectivity index (χ1n) is 4.82. The highest BCUT2D eigenvalue weighted by molar-refractivity contribution is 5.94. The van der Waals surface area contributed by atoms with E-state index in [1.54, 1.807) is 0 Å². The molecule has 0 saturated carbocycles. The van der Waals surface area contributed by atoms with Crippen LogP contribution in [-0.2, 0) is 0 Å². The minimum Gasteiger partial charge on any atom is -0.352 e. The van der Waals surface area contributed by atoms with E-state index in [9.17, 15) is 4.79 Å². The van der Waals surface area contributed by atoms with Crippen LogP contribution in [0.4, 0.5) is 0 Å². The molecule has 3 heteroatoms. The highest BCUT2D eigenvalue weighted by Crippen LogP contribution is 1.97. The van der Waals surface area contributed by atoms with E-state index in [0.29, 0.717) is 6.54 Å². The number of hydrogen-bond donors (Lipinski definition) is 2. The zero-order valence-electron chi connectivity index (χ0n) is 8.42. The fourth-order valence-corrected chi connectivity index (χ4v) is 1.16. The molecule has 0 fully saturated rings. The Hall–Kier alpha value is -1.35. The van der Waals surface area contributed by atoms with Crippen LogP contribution in [0.1, 0.15) is 16.8 Å². The molecule has 0 unspecified atom stereocenters. The molecule has 0 radical (unpaired) electrons. The van der Waals surface area contributed by atoms with Gasteiger partial charge in [-0.25, -0.2) is 0 Å². The highest BCUT2D eigenvalue weighted by atomic mass is 16.1. The lowest BCUT2D eigenvalue weighted by Gasteiger charge is -2.04. The van der Waals surface area contributed by atoms with Gasteiger partial charge in [-0.15, -0.1) is 0 Å². The summed E-state index contributed by atoms with van der Waals surface area (Å²) < 4.78 is 0. The van der Waals surface area contributed by atoms with Crippen LogP contribution in [0.15, 0.2) is 30.3 Å². The zero-order chi connectivity index (χ0) is 10.2. The number of nitrogens with one attached hydrogen (secondary N) is 2. The molecule has 0 bridgehead atoms. The fraction of sp³-hybridized carbons (Fsp3) is 0.364. The topological polar surface area (TPSA) is 41.1 Å². The van der Waals surface area contributed by atoms with Crippen molar-refractivity contribution in [3.63, 3.8) is 0 Å². The molecule has 0 aliphatic heterocycles. The second-order valence-corrected chi connectivity index (χ2v) is 3.08. The van der Waals surface area contributed by atoms with E-state index in [0.717, 1.165) is 18.5 Å². The summed E-state index contributed by atoms with van der Waals surface area (Å²) in [6, 6.07) is 9.25. The maximum absolute atomic E-state index is 11.5. The molecule has 14 heavy (non-hydrogen) atoms. The number of hydrogen-bond acceptors (Lipinski definition) is 2. The molecule has 0 saturated heterocycles. The van der Waals surface area contributed by atoms with Crippen molar-refractivity contribution in [1.29, 1.82) is 0 Å². The lowest BCUT2D eigenvalue weighted by atomic mass is 10.2. The van der Waals surface area contributed by atoms with Crippen LogP contribution in [0.25, 0.3) is 0 Å². The smallest absolute Gasteiger partial charge is 0.251 e. The number of rotatable bonds is 5. The quantitative estimate of drug-likeness (QED) is 0.684. The predicted molar refractivity (Wildman–Crippen MR) is 57.3 cm³/mol. The monoisotopic (exact) mass is 192 g/mol. The summed E-state index contributed by atoms with van der Waals surface area (Å²) in [7, 11) is 1.90. The Balaban J connectivity index is 2.29. The molecular weight excluding hydrogens is 176 g/mol. The molecule has 76 valence electrons. The van der Waals surface area contributed by atoms with Gasteiger partial charge < -0.3 is 10.6 Å². The standard InChI is InChI=1S/C11H16N2O/c1-12-8-5-9-13-11(14)10-6-3-2-4-7-10/h2-4,6-7,12H,5,8-9H2,1H3,(H,13,14). The van der Waals surface area contributed by atoms with Crippen LogP contribution in [0.2, 0.25) is 0 Å². The third-order valence-electron chi connectivity index (χ3n) is 1.93. The van der Waals surface area contributed by atoms with Gasteiger partial charge in [0.1, 0.15) is 0 Å². The molecular formula is C11H16N2O. The average Bonchev–Trinajstić information content (AvgIpc) is 2.25. The molecule has 0 heterocycles. The Morgan fingerprint density at radius 2 is 1.93 bits per heavy atom. The second-order valence-electron chi connectivity index (χ2n) is 3.08. The number of benzene rings is 1. The first kappa shape index (κ1) is 10.7. The third-order valence-corrected chi connectivity index (χ3v) is 1.93. The first-order valence-corrected chi connectivity index (χ1v) is 4.82. The van der Waals surface area contributed by atoms with E-state index in [1.165, 1.54) is 0 Å². The summed E-state index contributed by atoms with van der Waals surface area (Å²) in [6.07, 6.45) is 0.953. The van der Waals surface area contributed by atoms with Crippen LogP contribution < -0.4 is 10.6 Å². The van der Waals surface area contributed by atoms with Gasteiger partial charge in [0.2, 0.25) is 0 Å². The molecule has 1 aromatic rings. The Kier molecular flexibility index (Phi) is 4.72. The minimum atomic E-state index is 0.00158. The predicted octanol–water partition coefficient (Wildman–Crippen LogP) is 1.03. The molecule has 0 aliphatic rings. The van der Waals surface area contributed by atoms with E-state index < -0.39 is 0 Å². The van der Waals surface area contributed by atoms with Crippen LogP contribution in [0, 0.1) is 0 Å². The Bertz CT molecular complexity index is 272.